The maximum absolute atomic E-state index is 12.8. The molecule has 0 aromatic rings. The van der Waals surface area contributed by atoms with Gasteiger partial charge in [0.05, 0.1) is 25.7 Å². The average molecular weight is 422 g/mol. The van der Waals surface area contributed by atoms with Gasteiger partial charge in [-0.3, -0.25) is 14.5 Å². The number of hydrogen-bond acceptors (Lipinski definition) is 6. The molecule has 0 aromatic carbocycles. The minimum atomic E-state index is -0.769. The second kappa shape index (κ2) is 8.65. The molecule has 4 amide bonds. The van der Waals surface area contributed by atoms with E-state index in [4.69, 9.17) is 14.4 Å². The van der Waals surface area contributed by atoms with Gasteiger partial charge in [0.15, 0.2) is 0 Å². The predicted molar refractivity (Wildman–Crippen MR) is 107 cm³/mol. The van der Waals surface area contributed by atoms with Gasteiger partial charge in [0.1, 0.15) is 17.7 Å². The Morgan fingerprint density at radius 1 is 1.33 bits per heavy atom. The second-order valence-electron chi connectivity index (χ2n) is 8.65. The van der Waals surface area contributed by atoms with Gasteiger partial charge < -0.3 is 14.5 Å². The monoisotopic (exact) mass is 422 g/mol. The van der Waals surface area contributed by atoms with Gasteiger partial charge in [0, 0.05) is 6.54 Å². The number of hydroxylamine groups is 3. The molecule has 2 saturated heterocycles. The molecule has 3 aliphatic heterocycles. The average Bonchev–Trinajstić information content (AvgIpc) is 3.22. The third-order valence-corrected chi connectivity index (χ3v) is 5.02. The molecule has 3 heterocycles. The lowest BCUT2D eigenvalue weighted by atomic mass is 10.0. The van der Waals surface area contributed by atoms with E-state index in [9.17, 15) is 14.4 Å². The van der Waals surface area contributed by atoms with Crippen LogP contribution in [0.2, 0.25) is 0 Å². The Labute approximate surface area is 176 Å². The Morgan fingerprint density at radius 3 is 2.73 bits per heavy atom. The fraction of sp³-hybridized carbons (Fsp3) is 0.650. The highest BCUT2D eigenvalue weighted by Crippen LogP contribution is 2.29. The zero-order valence-corrected chi connectivity index (χ0v) is 17.9. The number of carbonyl (C=O) groups is 3. The van der Waals surface area contributed by atoms with Crippen LogP contribution in [0, 0.1) is 0 Å². The van der Waals surface area contributed by atoms with Crippen molar-refractivity contribution in [1.29, 1.82) is 0 Å². The molecule has 2 bridgehead atoms. The topological polar surface area (TPSA) is 101 Å². The van der Waals surface area contributed by atoms with Gasteiger partial charge in [-0.2, -0.15) is 5.06 Å². The highest BCUT2D eigenvalue weighted by Gasteiger charge is 2.47. The summed E-state index contributed by atoms with van der Waals surface area (Å²) in [6.45, 7) is 12.2. The Kier molecular flexibility index (Phi) is 6.37. The molecule has 30 heavy (non-hydrogen) atoms. The number of urea groups is 1. The van der Waals surface area contributed by atoms with E-state index >= 15 is 0 Å². The highest BCUT2D eigenvalue weighted by molar-refractivity contribution is 5.91. The molecule has 166 valence electrons. The van der Waals surface area contributed by atoms with Crippen molar-refractivity contribution in [2.24, 2.45) is 0 Å². The van der Waals surface area contributed by atoms with Crippen LogP contribution in [0.4, 0.5) is 9.59 Å². The fourth-order valence-corrected chi connectivity index (χ4v) is 3.75. The van der Waals surface area contributed by atoms with Crippen LogP contribution in [-0.4, -0.2) is 82.9 Å². The van der Waals surface area contributed by atoms with Gasteiger partial charge in [-0.15, -0.1) is 6.58 Å². The minimum Gasteiger partial charge on any atom is -0.444 e. The summed E-state index contributed by atoms with van der Waals surface area (Å²) < 4.78 is 5.36. The quantitative estimate of drug-likeness (QED) is 0.515. The molecule has 1 N–H and O–H groups in total. The van der Waals surface area contributed by atoms with E-state index in [1.54, 1.807) is 17.9 Å². The predicted octanol–water partition coefficient (Wildman–Crippen LogP) is 1.60. The normalized spacial score (nSPS) is 26.0. The van der Waals surface area contributed by atoms with Crippen LogP contribution in [-0.2, 0) is 19.2 Å². The molecule has 0 spiro atoms. The first-order valence-electron chi connectivity index (χ1n) is 10.1. The third kappa shape index (κ3) is 4.76. The largest absolute Gasteiger partial charge is 0.444 e. The van der Waals surface area contributed by atoms with Crippen LogP contribution < -0.4 is 5.48 Å². The number of fused-ring (bicyclic) bond motifs is 2. The van der Waals surface area contributed by atoms with Crippen molar-refractivity contribution >= 4 is 18.0 Å². The maximum Gasteiger partial charge on any atom is 0.410 e. The van der Waals surface area contributed by atoms with Gasteiger partial charge in [-0.25, -0.2) is 15.1 Å². The van der Waals surface area contributed by atoms with E-state index in [0.29, 0.717) is 26.1 Å². The van der Waals surface area contributed by atoms with Crippen molar-refractivity contribution in [3.05, 3.63) is 24.3 Å². The van der Waals surface area contributed by atoms with Crippen molar-refractivity contribution in [2.45, 2.75) is 57.9 Å². The standard InChI is InChI=1S/C20H30N4O6/c1-6-9-28-24-14-10-13(2)16(23(11-14)18(24)26)17(25)21-30-15-7-8-22(12-15)19(27)29-20(3,4)5/h6,10,14-16H,1,7-9,11-12H2,2-5H3,(H,21,25)/t14-,15+,16+/m1/s1. The SMILES string of the molecule is C=CCON1C(=O)N2C[C@H]1C=C(C)[C@H]2C(=O)NO[C@H]1CCN(C(=O)OC(C)(C)C)C1. The smallest absolute Gasteiger partial charge is 0.410 e. The first-order valence-corrected chi connectivity index (χ1v) is 10.1. The van der Waals surface area contributed by atoms with Crippen LogP contribution in [0.5, 0.6) is 0 Å². The van der Waals surface area contributed by atoms with Gasteiger partial charge in [0.2, 0.25) is 0 Å². The molecule has 3 aliphatic rings. The van der Waals surface area contributed by atoms with Crippen molar-refractivity contribution in [3.8, 4) is 0 Å². The molecule has 3 atom stereocenters. The summed E-state index contributed by atoms with van der Waals surface area (Å²) in [5, 5.41) is 1.27. The molecule has 2 fully saturated rings. The van der Waals surface area contributed by atoms with Gasteiger partial charge in [-0.05, 0) is 39.7 Å². The van der Waals surface area contributed by atoms with E-state index in [1.807, 2.05) is 26.8 Å². The summed E-state index contributed by atoms with van der Waals surface area (Å²) in [5.41, 5.74) is 2.64. The Bertz CT molecular complexity index is 746. The van der Waals surface area contributed by atoms with Gasteiger partial charge in [-0.1, -0.05) is 12.2 Å². The first-order chi connectivity index (χ1) is 14.1. The number of nitrogens with one attached hydrogen (secondary N) is 1. The molecule has 0 aromatic heterocycles. The Balaban J connectivity index is 1.53. The van der Waals surface area contributed by atoms with Crippen molar-refractivity contribution in [3.63, 3.8) is 0 Å². The number of likely N-dealkylation sites (tertiary alicyclic amines) is 1. The zero-order valence-electron chi connectivity index (χ0n) is 17.9. The van der Waals surface area contributed by atoms with E-state index in [2.05, 4.69) is 12.1 Å². The third-order valence-electron chi connectivity index (χ3n) is 5.02. The Hall–Kier alpha value is -2.59. The molecule has 0 radical (unpaired) electrons. The minimum absolute atomic E-state index is 0.207. The summed E-state index contributed by atoms with van der Waals surface area (Å²) in [4.78, 5) is 51.5. The second-order valence-corrected chi connectivity index (χ2v) is 8.65. The molecular formula is C20H30N4O6. The Morgan fingerprint density at radius 2 is 2.07 bits per heavy atom. The molecular weight excluding hydrogens is 392 g/mol. The van der Waals surface area contributed by atoms with Gasteiger partial charge >= 0.3 is 12.1 Å². The lowest BCUT2D eigenvalue weighted by molar-refractivity contribution is -0.141. The molecule has 10 nitrogen and oxygen atoms in total. The van der Waals surface area contributed by atoms with Gasteiger partial charge in [0.25, 0.3) is 5.91 Å². The summed E-state index contributed by atoms with van der Waals surface area (Å²) in [6, 6.07) is -1.37. The summed E-state index contributed by atoms with van der Waals surface area (Å²) in [5.74, 6) is -0.433. The molecule has 10 heteroatoms. The maximum atomic E-state index is 12.8. The summed E-state index contributed by atoms with van der Waals surface area (Å²) in [6.07, 6.45) is 3.24. The van der Waals surface area contributed by atoms with E-state index < -0.39 is 23.6 Å². The molecule has 3 rings (SSSR count). The lowest BCUT2D eigenvalue weighted by Crippen LogP contribution is -2.50. The van der Waals surface area contributed by atoms with Crippen molar-refractivity contribution < 1.29 is 28.8 Å². The molecule has 0 aliphatic carbocycles. The van der Waals surface area contributed by atoms with Crippen LogP contribution in [0.1, 0.15) is 34.1 Å². The van der Waals surface area contributed by atoms with E-state index in [-0.39, 0.29) is 24.8 Å². The summed E-state index contributed by atoms with van der Waals surface area (Å²) >= 11 is 0. The van der Waals surface area contributed by atoms with Crippen LogP contribution in [0.15, 0.2) is 24.3 Å². The highest BCUT2D eigenvalue weighted by atomic mass is 16.7. The van der Waals surface area contributed by atoms with E-state index in [1.165, 1.54) is 9.96 Å². The molecule has 0 unspecified atom stereocenters. The fourth-order valence-electron chi connectivity index (χ4n) is 3.75. The lowest BCUT2D eigenvalue weighted by Gasteiger charge is -2.29. The summed E-state index contributed by atoms with van der Waals surface area (Å²) in [7, 11) is 0. The molecule has 0 saturated carbocycles. The van der Waals surface area contributed by atoms with Crippen LogP contribution >= 0.6 is 0 Å². The van der Waals surface area contributed by atoms with E-state index in [0.717, 1.165) is 5.57 Å². The first kappa shape index (κ1) is 22.1. The number of hydrogen-bond donors (Lipinski definition) is 1. The van der Waals surface area contributed by atoms with Crippen LogP contribution in [0.25, 0.3) is 0 Å². The number of nitrogens with zero attached hydrogens (tertiary/aromatic N) is 3. The number of carbonyl (C=O) groups excluding carboxylic acids is 3. The van der Waals surface area contributed by atoms with Crippen molar-refractivity contribution in [1.82, 2.24) is 20.3 Å². The van der Waals surface area contributed by atoms with Crippen molar-refractivity contribution in [2.75, 3.05) is 26.2 Å². The number of ether oxygens (including phenoxy) is 1. The zero-order chi connectivity index (χ0) is 22.1. The van der Waals surface area contributed by atoms with Crippen LogP contribution in [0.3, 0.4) is 0 Å². The number of amides is 4. The number of rotatable bonds is 6.